The van der Waals surface area contributed by atoms with Gasteiger partial charge in [0.1, 0.15) is 5.69 Å². The minimum atomic E-state index is -0.552. The van der Waals surface area contributed by atoms with Crippen molar-refractivity contribution in [1.82, 2.24) is 4.98 Å². The van der Waals surface area contributed by atoms with Crippen molar-refractivity contribution in [3.8, 4) is 0 Å². The fraction of sp³-hybridized carbons (Fsp3) is 0.400. The van der Waals surface area contributed by atoms with Crippen molar-refractivity contribution in [2.45, 2.75) is 25.7 Å². The van der Waals surface area contributed by atoms with Crippen molar-refractivity contribution < 1.29 is 4.79 Å². The van der Waals surface area contributed by atoms with E-state index in [1.807, 2.05) is 6.07 Å². The largest absolute Gasteiger partial charge is 0.364 e. The molecule has 1 aromatic rings. The van der Waals surface area contributed by atoms with Gasteiger partial charge in [0, 0.05) is 5.69 Å². The maximum absolute atomic E-state index is 11.0. The van der Waals surface area contributed by atoms with Gasteiger partial charge in [-0.2, -0.15) is 0 Å². The maximum Gasteiger partial charge on any atom is 0.268 e. The van der Waals surface area contributed by atoms with Crippen LogP contribution in [0.1, 0.15) is 34.6 Å². The zero-order valence-corrected chi connectivity index (χ0v) is 8.47. The van der Waals surface area contributed by atoms with Crippen LogP contribution in [-0.2, 0) is 12.8 Å². The average Bonchev–Trinajstić information content (AvgIpc) is 2.16. The molecule has 1 amide bonds. The van der Waals surface area contributed by atoms with E-state index in [9.17, 15) is 4.79 Å². The topological polar surface area (TPSA) is 56.0 Å². The molecule has 0 aliphatic heterocycles. The van der Waals surface area contributed by atoms with E-state index in [4.69, 9.17) is 17.3 Å². The monoisotopic (exact) mass is 210 g/mol. The second-order valence-electron chi connectivity index (χ2n) is 3.50. The summed E-state index contributed by atoms with van der Waals surface area (Å²) in [5.74, 6) is -0.552. The number of carbonyl (C=O) groups is 1. The van der Waals surface area contributed by atoms with Crippen LogP contribution in [0.2, 0.25) is 5.02 Å². The summed E-state index contributed by atoms with van der Waals surface area (Å²) in [4.78, 5) is 15.2. The smallest absolute Gasteiger partial charge is 0.268 e. The van der Waals surface area contributed by atoms with Gasteiger partial charge in [0.05, 0.1) is 5.02 Å². The predicted octanol–water partition coefficient (Wildman–Crippen LogP) is 1.71. The van der Waals surface area contributed by atoms with Crippen molar-refractivity contribution in [1.29, 1.82) is 0 Å². The second-order valence-corrected chi connectivity index (χ2v) is 3.90. The summed E-state index contributed by atoms with van der Waals surface area (Å²) in [6.45, 7) is 0. The fourth-order valence-electron chi connectivity index (χ4n) is 1.78. The summed E-state index contributed by atoms with van der Waals surface area (Å²) < 4.78 is 0. The van der Waals surface area contributed by atoms with Gasteiger partial charge < -0.3 is 5.73 Å². The molecule has 0 saturated heterocycles. The van der Waals surface area contributed by atoms with E-state index in [0.717, 1.165) is 30.5 Å². The van der Waals surface area contributed by atoms with Gasteiger partial charge in [-0.3, -0.25) is 4.79 Å². The van der Waals surface area contributed by atoms with Gasteiger partial charge in [-0.1, -0.05) is 11.6 Å². The van der Waals surface area contributed by atoms with Gasteiger partial charge in [0.25, 0.3) is 5.91 Å². The number of aromatic nitrogens is 1. The van der Waals surface area contributed by atoms with E-state index >= 15 is 0 Å². The summed E-state index contributed by atoms with van der Waals surface area (Å²) in [5, 5.41) is 0.373. The van der Waals surface area contributed by atoms with Crippen molar-refractivity contribution >= 4 is 17.5 Å². The maximum atomic E-state index is 11.0. The molecule has 2 rings (SSSR count). The highest BCUT2D eigenvalue weighted by molar-refractivity contribution is 6.33. The lowest BCUT2D eigenvalue weighted by molar-refractivity contribution is 0.0995. The Hall–Kier alpha value is -1.09. The zero-order valence-electron chi connectivity index (χ0n) is 7.72. The van der Waals surface area contributed by atoms with E-state index < -0.39 is 5.91 Å². The number of halogens is 1. The number of fused-ring (bicyclic) bond motifs is 1. The van der Waals surface area contributed by atoms with E-state index in [0.29, 0.717) is 5.02 Å². The first kappa shape index (κ1) is 9.46. The number of nitrogens with zero attached hydrogens (tertiary/aromatic N) is 1. The predicted molar refractivity (Wildman–Crippen MR) is 54.4 cm³/mol. The molecule has 3 nitrogen and oxygen atoms in total. The van der Waals surface area contributed by atoms with Gasteiger partial charge in [-0.15, -0.1) is 0 Å². The Morgan fingerprint density at radius 2 is 2.14 bits per heavy atom. The van der Waals surface area contributed by atoms with Crippen molar-refractivity contribution in [3.05, 3.63) is 28.0 Å². The normalized spacial score (nSPS) is 14.9. The van der Waals surface area contributed by atoms with Crippen LogP contribution >= 0.6 is 11.6 Å². The minimum absolute atomic E-state index is 0.201. The number of amides is 1. The molecule has 74 valence electrons. The van der Waals surface area contributed by atoms with Crippen LogP contribution in [0.25, 0.3) is 0 Å². The second kappa shape index (κ2) is 3.58. The van der Waals surface area contributed by atoms with Crippen molar-refractivity contribution in [2.75, 3.05) is 0 Å². The van der Waals surface area contributed by atoms with Crippen LogP contribution in [0.3, 0.4) is 0 Å². The first-order valence-electron chi connectivity index (χ1n) is 4.66. The number of pyridine rings is 1. The Bertz CT molecular complexity index is 390. The van der Waals surface area contributed by atoms with Crippen LogP contribution in [0.5, 0.6) is 0 Å². The van der Waals surface area contributed by atoms with E-state index in [1.165, 1.54) is 6.42 Å². The third kappa shape index (κ3) is 1.60. The third-order valence-electron chi connectivity index (χ3n) is 2.49. The number of nitrogens with two attached hydrogens (primary N) is 1. The number of primary amides is 1. The summed E-state index contributed by atoms with van der Waals surface area (Å²) in [6.07, 6.45) is 4.22. The highest BCUT2D eigenvalue weighted by atomic mass is 35.5. The molecule has 0 radical (unpaired) electrons. The van der Waals surface area contributed by atoms with Crippen molar-refractivity contribution in [2.24, 2.45) is 5.73 Å². The molecule has 1 aliphatic rings. The molecule has 2 N–H and O–H groups in total. The molecule has 0 fully saturated rings. The molecule has 0 aromatic carbocycles. The minimum Gasteiger partial charge on any atom is -0.364 e. The van der Waals surface area contributed by atoms with Crippen LogP contribution < -0.4 is 5.73 Å². The number of carbonyl (C=O) groups excluding carboxylic acids is 1. The molecule has 0 bridgehead atoms. The molecule has 0 spiro atoms. The highest BCUT2D eigenvalue weighted by Crippen LogP contribution is 2.24. The fourth-order valence-corrected chi connectivity index (χ4v) is 2.05. The lowest BCUT2D eigenvalue weighted by Crippen LogP contribution is -2.17. The first-order valence-corrected chi connectivity index (χ1v) is 5.04. The lowest BCUT2D eigenvalue weighted by atomic mass is 9.96. The molecule has 0 unspecified atom stereocenters. The van der Waals surface area contributed by atoms with Crippen LogP contribution in [-0.4, -0.2) is 10.9 Å². The third-order valence-corrected chi connectivity index (χ3v) is 2.78. The van der Waals surface area contributed by atoms with E-state index in [-0.39, 0.29) is 5.69 Å². The molecule has 14 heavy (non-hydrogen) atoms. The highest BCUT2D eigenvalue weighted by Gasteiger charge is 2.16. The summed E-state index contributed by atoms with van der Waals surface area (Å²) in [5.41, 5.74) is 7.50. The summed E-state index contributed by atoms with van der Waals surface area (Å²) in [7, 11) is 0. The van der Waals surface area contributed by atoms with Gasteiger partial charge in [0.15, 0.2) is 0 Å². The Balaban J connectivity index is 2.50. The van der Waals surface area contributed by atoms with Crippen LogP contribution in [0.15, 0.2) is 6.07 Å². The molecular weight excluding hydrogens is 200 g/mol. The van der Waals surface area contributed by atoms with E-state index in [2.05, 4.69) is 4.98 Å². The molecule has 1 aliphatic carbocycles. The Labute approximate surface area is 87.3 Å². The van der Waals surface area contributed by atoms with Gasteiger partial charge >= 0.3 is 0 Å². The molecule has 1 aromatic heterocycles. The number of rotatable bonds is 1. The van der Waals surface area contributed by atoms with E-state index in [1.54, 1.807) is 0 Å². The molecule has 4 heteroatoms. The van der Waals surface area contributed by atoms with Gasteiger partial charge in [0.2, 0.25) is 0 Å². The SMILES string of the molecule is NC(=O)c1nc2c(cc1Cl)CCCC2. The Kier molecular flexibility index (Phi) is 2.42. The molecule has 0 atom stereocenters. The number of hydrogen-bond donors (Lipinski definition) is 1. The Morgan fingerprint density at radius 1 is 1.43 bits per heavy atom. The average molecular weight is 211 g/mol. The first-order chi connectivity index (χ1) is 6.68. The van der Waals surface area contributed by atoms with Crippen LogP contribution in [0, 0.1) is 0 Å². The Morgan fingerprint density at radius 3 is 2.86 bits per heavy atom. The zero-order chi connectivity index (χ0) is 10.1. The molecular formula is C10H11ClN2O. The quantitative estimate of drug-likeness (QED) is 0.767. The molecule has 0 saturated carbocycles. The van der Waals surface area contributed by atoms with Gasteiger partial charge in [-0.25, -0.2) is 4.98 Å². The number of aryl methyl sites for hydroxylation is 2. The van der Waals surface area contributed by atoms with Crippen LogP contribution in [0.4, 0.5) is 0 Å². The summed E-state index contributed by atoms with van der Waals surface area (Å²) >= 11 is 5.89. The van der Waals surface area contributed by atoms with Crippen molar-refractivity contribution in [3.63, 3.8) is 0 Å². The van der Waals surface area contributed by atoms with Gasteiger partial charge in [-0.05, 0) is 37.3 Å². The molecule has 1 heterocycles. The standard InChI is InChI=1S/C10H11ClN2O/c11-7-5-6-3-1-2-4-8(6)13-9(7)10(12)14/h5H,1-4H2,(H2,12,14). The number of hydrogen-bond acceptors (Lipinski definition) is 2. The lowest BCUT2D eigenvalue weighted by Gasteiger charge is -2.15. The summed E-state index contributed by atoms with van der Waals surface area (Å²) in [6, 6.07) is 1.82.